The van der Waals surface area contributed by atoms with Crippen molar-refractivity contribution in [2.24, 2.45) is 11.8 Å². The van der Waals surface area contributed by atoms with E-state index in [4.69, 9.17) is 4.52 Å². The molecule has 35 heavy (non-hydrogen) atoms. The van der Waals surface area contributed by atoms with Gasteiger partial charge in [-0.05, 0) is 80.1 Å². The number of carbonyl (C=O) groups is 2. The van der Waals surface area contributed by atoms with E-state index in [1.807, 2.05) is 36.9 Å². The normalized spacial score (nSPS) is 18.9. The zero-order chi connectivity index (χ0) is 24.5. The average molecular weight is 477 g/mol. The van der Waals surface area contributed by atoms with Gasteiger partial charge in [0.15, 0.2) is 0 Å². The fraction of sp³-hybridized carbons (Fsp3) is 0.407. The van der Waals surface area contributed by atoms with Crippen molar-refractivity contribution in [3.05, 3.63) is 65.3 Å². The zero-order valence-corrected chi connectivity index (χ0v) is 20.0. The minimum Gasteiger partial charge on any atom is -0.342 e. The summed E-state index contributed by atoms with van der Waals surface area (Å²) in [5, 5.41) is 4.02. The molecular weight excluding hydrogens is 447 g/mol. The number of benzene rings is 2. The van der Waals surface area contributed by atoms with Gasteiger partial charge in [0.05, 0.1) is 5.92 Å². The molecule has 2 amide bonds. The standard InChI is InChI=1S/C27H29FN4O3/c1-17-3-8-23(13-18(17)2)32-16-21(15-25(32)33)27(34)31-11-9-19(10-12-31)14-24-29-26(30-35-24)20-4-6-22(28)7-5-20/h3-8,13,19,21H,9-12,14-16H2,1-2H3. The Balaban J connectivity index is 1.14. The van der Waals surface area contributed by atoms with Crippen molar-refractivity contribution in [2.45, 2.75) is 39.5 Å². The molecular formula is C27H29FN4O3. The second kappa shape index (κ2) is 9.60. The molecule has 1 aromatic heterocycles. The molecule has 0 radical (unpaired) electrons. The Bertz CT molecular complexity index is 1230. The first kappa shape index (κ1) is 23.2. The summed E-state index contributed by atoms with van der Waals surface area (Å²) < 4.78 is 18.5. The summed E-state index contributed by atoms with van der Waals surface area (Å²) in [5.74, 6) is 0.826. The number of piperidine rings is 1. The predicted octanol–water partition coefficient (Wildman–Crippen LogP) is 4.33. The number of carbonyl (C=O) groups excluding carboxylic acids is 2. The number of halogens is 1. The summed E-state index contributed by atoms with van der Waals surface area (Å²) in [6.45, 7) is 5.84. The third-order valence-electron chi connectivity index (χ3n) is 7.24. The molecule has 2 aliphatic rings. The Kier molecular flexibility index (Phi) is 6.36. The van der Waals surface area contributed by atoms with Gasteiger partial charge < -0.3 is 14.3 Å². The van der Waals surface area contributed by atoms with Crippen LogP contribution in [0.5, 0.6) is 0 Å². The Hall–Kier alpha value is -3.55. The van der Waals surface area contributed by atoms with Gasteiger partial charge >= 0.3 is 0 Å². The number of amides is 2. The van der Waals surface area contributed by atoms with Crippen LogP contribution in [0.25, 0.3) is 11.4 Å². The van der Waals surface area contributed by atoms with Crippen LogP contribution >= 0.6 is 0 Å². The largest absolute Gasteiger partial charge is 0.342 e. The number of likely N-dealkylation sites (tertiary alicyclic amines) is 1. The fourth-order valence-corrected chi connectivity index (χ4v) is 4.93. The van der Waals surface area contributed by atoms with E-state index in [1.165, 1.54) is 17.7 Å². The van der Waals surface area contributed by atoms with E-state index in [0.717, 1.165) is 24.1 Å². The Morgan fingerprint density at radius 1 is 1.09 bits per heavy atom. The topological polar surface area (TPSA) is 79.5 Å². The molecule has 2 aliphatic heterocycles. The molecule has 182 valence electrons. The quantitative estimate of drug-likeness (QED) is 0.548. The molecule has 0 saturated carbocycles. The first-order valence-electron chi connectivity index (χ1n) is 12.1. The van der Waals surface area contributed by atoms with Gasteiger partial charge in [-0.15, -0.1) is 0 Å². The monoisotopic (exact) mass is 476 g/mol. The van der Waals surface area contributed by atoms with Crippen molar-refractivity contribution in [3.63, 3.8) is 0 Å². The Morgan fingerprint density at radius 3 is 2.54 bits per heavy atom. The molecule has 0 N–H and O–H groups in total. The van der Waals surface area contributed by atoms with Gasteiger partial charge in [0.25, 0.3) is 0 Å². The molecule has 3 heterocycles. The molecule has 1 atom stereocenters. The molecule has 0 aliphatic carbocycles. The van der Waals surface area contributed by atoms with Crippen molar-refractivity contribution in [1.82, 2.24) is 15.0 Å². The lowest BCUT2D eigenvalue weighted by atomic mass is 9.92. The van der Waals surface area contributed by atoms with Crippen LogP contribution in [0.2, 0.25) is 0 Å². The van der Waals surface area contributed by atoms with Gasteiger partial charge in [0, 0.05) is 43.7 Å². The minimum absolute atomic E-state index is 0.00911. The third-order valence-corrected chi connectivity index (χ3v) is 7.24. The summed E-state index contributed by atoms with van der Waals surface area (Å²) in [5.41, 5.74) is 3.90. The number of rotatable bonds is 5. The van der Waals surface area contributed by atoms with E-state index in [-0.39, 0.29) is 30.0 Å². The summed E-state index contributed by atoms with van der Waals surface area (Å²) >= 11 is 0. The van der Waals surface area contributed by atoms with Gasteiger partial charge in [0.2, 0.25) is 23.5 Å². The summed E-state index contributed by atoms with van der Waals surface area (Å²) in [4.78, 5) is 33.9. The number of aromatic nitrogens is 2. The predicted molar refractivity (Wildman–Crippen MR) is 129 cm³/mol. The van der Waals surface area contributed by atoms with Gasteiger partial charge in [-0.2, -0.15) is 4.98 Å². The first-order chi connectivity index (χ1) is 16.9. The average Bonchev–Trinajstić information content (AvgIpc) is 3.48. The summed E-state index contributed by atoms with van der Waals surface area (Å²) in [7, 11) is 0. The van der Waals surface area contributed by atoms with E-state index in [0.29, 0.717) is 49.3 Å². The van der Waals surface area contributed by atoms with Crippen LogP contribution in [-0.2, 0) is 16.0 Å². The molecule has 2 aromatic carbocycles. The number of anilines is 1. The van der Waals surface area contributed by atoms with E-state index in [9.17, 15) is 14.0 Å². The number of nitrogens with zero attached hydrogens (tertiary/aromatic N) is 4. The number of hydrogen-bond acceptors (Lipinski definition) is 5. The number of aryl methyl sites for hydroxylation is 2. The van der Waals surface area contributed by atoms with Crippen LogP contribution in [0.3, 0.4) is 0 Å². The third kappa shape index (κ3) is 4.97. The maximum atomic E-state index is 13.2. The number of hydrogen-bond donors (Lipinski definition) is 0. The molecule has 7 nitrogen and oxygen atoms in total. The van der Waals surface area contributed by atoms with Gasteiger partial charge in [-0.1, -0.05) is 11.2 Å². The highest BCUT2D eigenvalue weighted by atomic mass is 19.1. The van der Waals surface area contributed by atoms with Crippen molar-refractivity contribution in [3.8, 4) is 11.4 Å². The Labute approximate surface area is 203 Å². The molecule has 0 spiro atoms. The van der Waals surface area contributed by atoms with Crippen molar-refractivity contribution >= 4 is 17.5 Å². The van der Waals surface area contributed by atoms with E-state index >= 15 is 0 Å². The molecule has 5 rings (SSSR count). The van der Waals surface area contributed by atoms with Gasteiger partial charge in [-0.3, -0.25) is 9.59 Å². The first-order valence-corrected chi connectivity index (χ1v) is 12.1. The van der Waals surface area contributed by atoms with E-state index in [1.54, 1.807) is 17.0 Å². The van der Waals surface area contributed by atoms with Gasteiger partial charge in [0.1, 0.15) is 5.82 Å². The van der Waals surface area contributed by atoms with Crippen LogP contribution < -0.4 is 4.90 Å². The highest BCUT2D eigenvalue weighted by Crippen LogP contribution is 2.30. The zero-order valence-electron chi connectivity index (χ0n) is 20.0. The lowest BCUT2D eigenvalue weighted by molar-refractivity contribution is -0.137. The van der Waals surface area contributed by atoms with E-state index < -0.39 is 0 Å². The lowest BCUT2D eigenvalue weighted by Gasteiger charge is -2.33. The molecule has 3 aromatic rings. The maximum Gasteiger partial charge on any atom is 0.228 e. The molecule has 2 saturated heterocycles. The summed E-state index contributed by atoms with van der Waals surface area (Å²) in [6, 6.07) is 12.0. The second-order valence-electron chi connectivity index (χ2n) is 9.67. The highest BCUT2D eigenvalue weighted by Gasteiger charge is 2.38. The maximum absolute atomic E-state index is 13.2. The fourth-order valence-electron chi connectivity index (χ4n) is 4.93. The smallest absolute Gasteiger partial charge is 0.228 e. The summed E-state index contributed by atoms with van der Waals surface area (Å²) in [6.07, 6.45) is 2.61. The molecule has 8 heteroatoms. The Morgan fingerprint density at radius 2 is 1.83 bits per heavy atom. The van der Waals surface area contributed by atoms with Crippen molar-refractivity contribution < 1.29 is 18.5 Å². The second-order valence-corrected chi connectivity index (χ2v) is 9.67. The lowest BCUT2D eigenvalue weighted by Crippen LogP contribution is -2.42. The molecule has 2 fully saturated rings. The molecule has 1 unspecified atom stereocenters. The van der Waals surface area contributed by atoms with E-state index in [2.05, 4.69) is 10.1 Å². The molecule has 0 bridgehead atoms. The SMILES string of the molecule is Cc1ccc(N2CC(C(=O)N3CCC(Cc4nc(-c5ccc(F)cc5)no4)CC3)CC2=O)cc1C. The van der Waals surface area contributed by atoms with Gasteiger partial charge in [-0.25, -0.2) is 4.39 Å². The van der Waals surface area contributed by atoms with Crippen molar-refractivity contribution in [2.75, 3.05) is 24.5 Å². The van der Waals surface area contributed by atoms with Crippen LogP contribution in [0.15, 0.2) is 47.0 Å². The van der Waals surface area contributed by atoms with Crippen LogP contribution in [0, 0.1) is 31.5 Å². The van der Waals surface area contributed by atoms with Crippen LogP contribution in [-0.4, -0.2) is 46.5 Å². The van der Waals surface area contributed by atoms with Crippen molar-refractivity contribution in [1.29, 1.82) is 0 Å². The van der Waals surface area contributed by atoms with Crippen LogP contribution in [0.1, 0.15) is 36.3 Å². The minimum atomic E-state index is -0.307. The van der Waals surface area contributed by atoms with Crippen LogP contribution in [0.4, 0.5) is 10.1 Å². The highest BCUT2D eigenvalue weighted by molar-refractivity contribution is 6.00.